The van der Waals surface area contributed by atoms with E-state index in [0.717, 1.165) is 9.80 Å². The monoisotopic (exact) mass is 282 g/mol. The van der Waals surface area contributed by atoms with Crippen LogP contribution in [0.1, 0.15) is 5.56 Å². The molecule has 0 saturated heterocycles. The first kappa shape index (κ1) is 13.0. The molecule has 2 heterocycles. The molecule has 0 bridgehead atoms. The Balaban J connectivity index is 1.84. The van der Waals surface area contributed by atoms with Crippen molar-refractivity contribution < 1.29 is 19.2 Å². The largest absolute Gasteiger partial charge is 0.271 e. The highest BCUT2D eigenvalue weighted by Crippen LogP contribution is 2.21. The van der Waals surface area contributed by atoms with Gasteiger partial charge < -0.3 is 0 Å². The summed E-state index contributed by atoms with van der Waals surface area (Å²) in [4.78, 5) is 48.4. The van der Waals surface area contributed by atoms with Gasteiger partial charge in [-0.15, -0.1) is 0 Å². The van der Waals surface area contributed by atoms with Crippen molar-refractivity contribution in [3.05, 3.63) is 54.1 Å². The molecular formula is C15H10N2O4. The van der Waals surface area contributed by atoms with Crippen LogP contribution in [-0.2, 0) is 25.7 Å². The predicted octanol–water partition coefficient (Wildman–Crippen LogP) is 0.541. The number of carbonyl (C=O) groups excluding carboxylic acids is 4. The summed E-state index contributed by atoms with van der Waals surface area (Å²) in [7, 11) is 0. The normalized spacial score (nSPS) is 17.5. The Labute approximate surface area is 119 Å². The smallest absolute Gasteiger partial charge is 0.258 e. The molecule has 6 nitrogen and oxygen atoms in total. The summed E-state index contributed by atoms with van der Waals surface area (Å²) >= 11 is 0. The third-order valence-corrected chi connectivity index (χ3v) is 3.22. The Morgan fingerprint density at radius 3 is 1.95 bits per heavy atom. The zero-order valence-corrected chi connectivity index (χ0v) is 10.9. The van der Waals surface area contributed by atoms with Gasteiger partial charge in [-0.2, -0.15) is 0 Å². The zero-order valence-electron chi connectivity index (χ0n) is 10.9. The first-order chi connectivity index (χ1) is 10.1. The average molecular weight is 282 g/mol. The zero-order chi connectivity index (χ0) is 15.0. The van der Waals surface area contributed by atoms with Gasteiger partial charge in [0.25, 0.3) is 23.6 Å². The maximum absolute atomic E-state index is 11.6. The molecule has 1 aromatic rings. The molecule has 0 fully saturated rings. The van der Waals surface area contributed by atoms with Crippen molar-refractivity contribution in [3.63, 3.8) is 0 Å². The lowest BCUT2D eigenvalue weighted by Crippen LogP contribution is -2.31. The van der Waals surface area contributed by atoms with Crippen LogP contribution < -0.4 is 4.90 Å². The molecule has 0 aromatic heterocycles. The van der Waals surface area contributed by atoms with E-state index in [1.807, 2.05) is 0 Å². The lowest BCUT2D eigenvalue weighted by Gasteiger charge is -2.17. The highest BCUT2D eigenvalue weighted by atomic mass is 16.2. The number of imide groups is 2. The summed E-state index contributed by atoms with van der Waals surface area (Å²) in [5.74, 6) is -1.57. The highest BCUT2D eigenvalue weighted by molar-refractivity contribution is 6.28. The number of amides is 4. The molecule has 0 unspecified atom stereocenters. The van der Waals surface area contributed by atoms with Crippen molar-refractivity contribution in [1.82, 2.24) is 4.90 Å². The van der Waals surface area contributed by atoms with Crippen molar-refractivity contribution in [2.45, 2.75) is 6.54 Å². The van der Waals surface area contributed by atoms with E-state index in [2.05, 4.69) is 0 Å². The molecule has 4 amide bonds. The number of hydrogen-bond acceptors (Lipinski definition) is 4. The number of benzene rings is 1. The van der Waals surface area contributed by atoms with E-state index in [1.54, 1.807) is 24.3 Å². The van der Waals surface area contributed by atoms with Crippen molar-refractivity contribution in [1.29, 1.82) is 0 Å². The second-order valence-corrected chi connectivity index (χ2v) is 4.61. The molecule has 1 aromatic carbocycles. The summed E-state index contributed by atoms with van der Waals surface area (Å²) < 4.78 is 0. The van der Waals surface area contributed by atoms with Gasteiger partial charge in [0.1, 0.15) is 0 Å². The second-order valence-electron chi connectivity index (χ2n) is 4.61. The van der Waals surface area contributed by atoms with Gasteiger partial charge in [0.15, 0.2) is 0 Å². The Hall–Kier alpha value is -3.02. The van der Waals surface area contributed by atoms with Gasteiger partial charge in [-0.25, -0.2) is 4.90 Å². The summed E-state index contributed by atoms with van der Waals surface area (Å²) in [6, 6.07) is 6.63. The van der Waals surface area contributed by atoms with Crippen LogP contribution in [-0.4, -0.2) is 28.5 Å². The predicted molar refractivity (Wildman–Crippen MR) is 72.8 cm³/mol. The summed E-state index contributed by atoms with van der Waals surface area (Å²) in [5, 5.41) is 0. The molecule has 0 atom stereocenters. The minimum atomic E-state index is -0.410. The van der Waals surface area contributed by atoms with Crippen molar-refractivity contribution in [2.24, 2.45) is 0 Å². The fourth-order valence-electron chi connectivity index (χ4n) is 2.22. The minimum absolute atomic E-state index is 0.0994. The third-order valence-electron chi connectivity index (χ3n) is 3.22. The Morgan fingerprint density at radius 2 is 1.33 bits per heavy atom. The van der Waals surface area contributed by atoms with Gasteiger partial charge in [0.2, 0.25) is 0 Å². The highest BCUT2D eigenvalue weighted by Gasteiger charge is 2.26. The van der Waals surface area contributed by atoms with Gasteiger partial charge in [0, 0.05) is 24.3 Å². The van der Waals surface area contributed by atoms with Crippen LogP contribution in [0.2, 0.25) is 0 Å². The number of nitrogens with zero attached hydrogens (tertiary/aromatic N) is 2. The molecule has 3 rings (SSSR count). The van der Waals surface area contributed by atoms with E-state index in [-0.39, 0.29) is 18.4 Å². The quantitative estimate of drug-likeness (QED) is 0.758. The van der Waals surface area contributed by atoms with E-state index in [0.29, 0.717) is 11.3 Å². The standard InChI is InChI=1S/C15H10N2O4/c18-12-4-5-13(19)16(12)9-10-2-1-3-11(8-10)17-14(20)6-7-15(17)21/h1-8H,9H2. The van der Waals surface area contributed by atoms with E-state index < -0.39 is 11.8 Å². The molecule has 6 heteroatoms. The van der Waals surface area contributed by atoms with E-state index in [4.69, 9.17) is 0 Å². The summed E-state index contributed by atoms with van der Waals surface area (Å²) in [5.41, 5.74) is 1.07. The Bertz CT molecular complexity index is 697. The average Bonchev–Trinajstić information content (AvgIpc) is 2.96. The topological polar surface area (TPSA) is 74.8 Å². The van der Waals surface area contributed by atoms with E-state index >= 15 is 0 Å². The molecule has 2 aliphatic rings. The molecular weight excluding hydrogens is 272 g/mol. The maximum atomic E-state index is 11.6. The third kappa shape index (κ3) is 2.27. The van der Waals surface area contributed by atoms with Crippen LogP contribution in [0.5, 0.6) is 0 Å². The summed E-state index contributed by atoms with van der Waals surface area (Å²) in [6.07, 6.45) is 4.83. The van der Waals surface area contributed by atoms with Crippen LogP contribution in [0.25, 0.3) is 0 Å². The fourth-order valence-corrected chi connectivity index (χ4v) is 2.22. The molecule has 0 aliphatic carbocycles. The van der Waals surface area contributed by atoms with Gasteiger partial charge in [-0.3, -0.25) is 24.1 Å². The molecule has 0 spiro atoms. The maximum Gasteiger partial charge on any atom is 0.258 e. The lowest BCUT2D eigenvalue weighted by molar-refractivity contribution is -0.137. The van der Waals surface area contributed by atoms with Gasteiger partial charge in [0.05, 0.1) is 12.2 Å². The van der Waals surface area contributed by atoms with Gasteiger partial charge in [-0.1, -0.05) is 12.1 Å². The van der Waals surface area contributed by atoms with Gasteiger partial charge >= 0.3 is 0 Å². The van der Waals surface area contributed by atoms with Crippen molar-refractivity contribution in [2.75, 3.05) is 4.90 Å². The number of hydrogen-bond donors (Lipinski definition) is 0. The Kier molecular flexibility index (Phi) is 2.98. The van der Waals surface area contributed by atoms with Crippen LogP contribution >= 0.6 is 0 Å². The van der Waals surface area contributed by atoms with Crippen LogP contribution in [0.15, 0.2) is 48.6 Å². The molecule has 0 radical (unpaired) electrons. The van der Waals surface area contributed by atoms with Crippen LogP contribution in [0, 0.1) is 0 Å². The second kappa shape index (κ2) is 4.82. The first-order valence-electron chi connectivity index (χ1n) is 6.25. The van der Waals surface area contributed by atoms with Crippen LogP contribution in [0.4, 0.5) is 5.69 Å². The lowest BCUT2D eigenvalue weighted by atomic mass is 10.1. The molecule has 0 N–H and O–H groups in total. The molecule has 2 aliphatic heterocycles. The first-order valence-corrected chi connectivity index (χ1v) is 6.25. The minimum Gasteiger partial charge on any atom is -0.271 e. The van der Waals surface area contributed by atoms with E-state index in [9.17, 15) is 19.2 Å². The van der Waals surface area contributed by atoms with E-state index in [1.165, 1.54) is 24.3 Å². The number of carbonyl (C=O) groups is 4. The molecule has 104 valence electrons. The molecule has 0 saturated carbocycles. The fraction of sp³-hybridized carbons (Fsp3) is 0.0667. The summed E-state index contributed by atoms with van der Waals surface area (Å²) in [6.45, 7) is 0.0994. The van der Waals surface area contributed by atoms with Crippen molar-refractivity contribution >= 4 is 29.3 Å². The van der Waals surface area contributed by atoms with Gasteiger partial charge in [-0.05, 0) is 17.7 Å². The van der Waals surface area contributed by atoms with Crippen LogP contribution in [0.3, 0.4) is 0 Å². The molecule has 21 heavy (non-hydrogen) atoms. The Morgan fingerprint density at radius 1 is 0.762 bits per heavy atom. The SMILES string of the molecule is O=C1C=CC(=O)N1Cc1cccc(N2C(=O)C=CC2=O)c1. The number of rotatable bonds is 3. The van der Waals surface area contributed by atoms with Crippen molar-refractivity contribution in [3.8, 4) is 0 Å². The number of anilines is 1.